The van der Waals surface area contributed by atoms with E-state index in [0.29, 0.717) is 17.9 Å². The normalized spacial score (nSPS) is 11.8. The molecule has 0 fully saturated rings. The molecule has 0 bridgehead atoms. The standard InChI is InChI=1S/C43H62O4/c1-4-6-8-10-12-14-15-17-19-21-35-46-41-30-28-40(29-31-41)43(44)47-42-32-26-39(27-33-42)38-24-22-37(23-25-38)36(3)45-34-20-18-16-13-11-9-7-5-2/h22-33,36H,4-21,34-35H2,1-3H3. The van der Waals surface area contributed by atoms with Crippen molar-refractivity contribution in [3.05, 3.63) is 83.9 Å². The zero-order valence-electron chi connectivity index (χ0n) is 29.8. The molecule has 258 valence electrons. The lowest BCUT2D eigenvalue weighted by Crippen LogP contribution is -2.08. The highest BCUT2D eigenvalue weighted by atomic mass is 16.5. The molecule has 0 N–H and O–H groups in total. The molecule has 0 amide bonds. The fourth-order valence-electron chi connectivity index (χ4n) is 5.89. The molecule has 0 aromatic heterocycles. The van der Waals surface area contributed by atoms with Crippen molar-refractivity contribution in [1.29, 1.82) is 0 Å². The number of unbranched alkanes of at least 4 members (excludes halogenated alkanes) is 16. The van der Waals surface area contributed by atoms with Crippen molar-refractivity contribution >= 4 is 5.97 Å². The molecule has 0 aliphatic rings. The number of esters is 1. The molecule has 3 aromatic carbocycles. The van der Waals surface area contributed by atoms with Crippen molar-refractivity contribution in [2.75, 3.05) is 13.2 Å². The summed E-state index contributed by atoms with van der Waals surface area (Å²) in [5.74, 6) is 0.946. The van der Waals surface area contributed by atoms with Gasteiger partial charge in [-0.25, -0.2) is 4.79 Å². The fourth-order valence-corrected chi connectivity index (χ4v) is 5.89. The molecule has 0 spiro atoms. The smallest absolute Gasteiger partial charge is 0.343 e. The van der Waals surface area contributed by atoms with Crippen LogP contribution in [0.2, 0.25) is 0 Å². The Morgan fingerprint density at radius 3 is 1.45 bits per heavy atom. The molecule has 47 heavy (non-hydrogen) atoms. The molecule has 3 aromatic rings. The van der Waals surface area contributed by atoms with Gasteiger partial charge in [0.1, 0.15) is 11.5 Å². The predicted octanol–water partition coefficient (Wildman–Crippen LogP) is 13.1. The van der Waals surface area contributed by atoms with E-state index in [1.807, 2.05) is 36.4 Å². The van der Waals surface area contributed by atoms with Crippen molar-refractivity contribution in [1.82, 2.24) is 0 Å². The second kappa shape index (κ2) is 24.1. The van der Waals surface area contributed by atoms with Crippen LogP contribution in [-0.2, 0) is 4.74 Å². The van der Waals surface area contributed by atoms with Gasteiger partial charge in [-0.15, -0.1) is 0 Å². The van der Waals surface area contributed by atoms with Crippen LogP contribution in [-0.4, -0.2) is 19.2 Å². The largest absolute Gasteiger partial charge is 0.494 e. The van der Waals surface area contributed by atoms with E-state index in [9.17, 15) is 4.79 Å². The number of carbonyl (C=O) groups is 1. The minimum absolute atomic E-state index is 0.0839. The summed E-state index contributed by atoms with van der Waals surface area (Å²) >= 11 is 0. The molecule has 4 nitrogen and oxygen atoms in total. The first-order valence-corrected chi connectivity index (χ1v) is 18.9. The van der Waals surface area contributed by atoms with Crippen molar-refractivity contribution < 1.29 is 19.0 Å². The first-order chi connectivity index (χ1) is 23.1. The zero-order valence-corrected chi connectivity index (χ0v) is 29.8. The fraction of sp³-hybridized carbons (Fsp3) is 0.558. The highest BCUT2D eigenvalue weighted by Gasteiger charge is 2.10. The molecule has 1 atom stereocenters. The summed E-state index contributed by atoms with van der Waals surface area (Å²) in [5, 5.41) is 0. The molecule has 0 aliphatic carbocycles. The van der Waals surface area contributed by atoms with Gasteiger partial charge in [-0.05, 0) is 72.9 Å². The third kappa shape index (κ3) is 16.0. The van der Waals surface area contributed by atoms with E-state index < -0.39 is 0 Å². The Balaban J connectivity index is 1.31. The monoisotopic (exact) mass is 642 g/mol. The number of benzene rings is 3. The lowest BCUT2D eigenvalue weighted by molar-refractivity contribution is 0.0627. The first kappa shape index (κ1) is 38.3. The van der Waals surface area contributed by atoms with Crippen LogP contribution < -0.4 is 9.47 Å². The van der Waals surface area contributed by atoms with Crippen molar-refractivity contribution in [3.63, 3.8) is 0 Å². The summed E-state index contributed by atoms with van der Waals surface area (Å²) in [6.45, 7) is 8.18. The molecule has 3 rings (SSSR count). The average Bonchev–Trinajstić information content (AvgIpc) is 3.10. The number of rotatable bonds is 26. The van der Waals surface area contributed by atoms with E-state index in [0.717, 1.165) is 36.3 Å². The van der Waals surface area contributed by atoms with Crippen LogP contribution >= 0.6 is 0 Å². The second-order valence-electron chi connectivity index (χ2n) is 13.1. The highest BCUT2D eigenvalue weighted by Crippen LogP contribution is 2.26. The molecular formula is C43H62O4. The van der Waals surface area contributed by atoms with E-state index in [1.54, 1.807) is 12.1 Å². The van der Waals surface area contributed by atoms with Gasteiger partial charge >= 0.3 is 5.97 Å². The van der Waals surface area contributed by atoms with E-state index in [-0.39, 0.29) is 12.1 Å². The number of ether oxygens (including phenoxy) is 3. The van der Waals surface area contributed by atoms with Gasteiger partial charge in [0.15, 0.2) is 0 Å². The van der Waals surface area contributed by atoms with E-state index >= 15 is 0 Å². The van der Waals surface area contributed by atoms with Crippen LogP contribution in [0.4, 0.5) is 0 Å². The second-order valence-corrected chi connectivity index (χ2v) is 13.1. The van der Waals surface area contributed by atoms with Gasteiger partial charge in [0, 0.05) is 6.61 Å². The van der Waals surface area contributed by atoms with Crippen molar-refractivity contribution in [2.45, 2.75) is 142 Å². The van der Waals surface area contributed by atoms with Crippen LogP contribution in [0, 0.1) is 0 Å². The van der Waals surface area contributed by atoms with E-state index in [1.165, 1.54) is 108 Å². The maximum atomic E-state index is 12.7. The Kier molecular flexibility index (Phi) is 19.7. The molecule has 0 saturated carbocycles. The van der Waals surface area contributed by atoms with Crippen LogP contribution in [0.1, 0.15) is 158 Å². The van der Waals surface area contributed by atoms with Crippen LogP contribution in [0.15, 0.2) is 72.8 Å². The summed E-state index contributed by atoms with van der Waals surface area (Å²) in [6.07, 6.45) is 23.6. The van der Waals surface area contributed by atoms with Gasteiger partial charge < -0.3 is 14.2 Å². The minimum Gasteiger partial charge on any atom is -0.494 e. The van der Waals surface area contributed by atoms with Gasteiger partial charge in [-0.1, -0.05) is 153 Å². The molecule has 1 unspecified atom stereocenters. The Labute approximate surface area is 286 Å². The van der Waals surface area contributed by atoms with Crippen LogP contribution in [0.5, 0.6) is 11.5 Å². The quantitative estimate of drug-likeness (QED) is 0.0496. The number of hydrogen-bond acceptors (Lipinski definition) is 4. The van der Waals surface area contributed by atoms with Gasteiger partial charge in [0.2, 0.25) is 0 Å². The maximum absolute atomic E-state index is 12.7. The van der Waals surface area contributed by atoms with Gasteiger partial charge in [-0.3, -0.25) is 0 Å². The molecule has 0 aliphatic heterocycles. The van der Waals surface area contributed by atoms with E-state index in [4.69, 9.17) is 14.2 Å². The van der Waals surface area contributed by atoms with Gasteiger partial charge in [0.05, 0.1) is 18.3 Å². The zero-order chi connectivity index (χ0) is 33.4. The average molecular weight is 643 g/mol. The summed E-state index contributed by atoms with van der Waals surface area (Å²) < 4.78 is 17.6. The Bertz CT molecular complexity index is 1200. The van der Waals surface area contributed by atoms with E-state index in [2.05, 4.69) is 45.0 Å². The summed E-state index contributed by atoms with van der Waals surface area (Å²) in [5.41, 5.74) is 3.90. The lowest BCUT2D eigenvalue weighted by atomic mass is 10.0. The van der Waals surface area contributed by atoms with Crippen LogP contribution in [0.25, 0.3) is 11.1 Å². The lowest BCUT2D eigenvalue weighted by Gasteiger charge is -2.14. The topological polar surface area (TPSA) is 44.8 Å². The third-order valence-corrected chi connectivity index (χ3v) is 9.00. The Morgan fingerprint density at radius 2 is 0.936 bits per heavy atom. The summed E-state index contributed by atoms with van der Waals surface area (Å²) in [7, 11) is 0. The highest BCUT2D eigenvalue weighted by molar-refractivity contribution is 5.91. The van der Waals surface area contributed by atoms with Crippen LogP contribution in [0.3, 0.4) is 0 Å². The first-order valence-electron chi connectivity index (χ1n) is 18.9. The molecule has 0 saturated heterocycles. The molecule has 4 heteroatoms. The number of hydrogen-bond donors (Lipinski definition) is 0. The SMILES string of the molecule is CCCCCCCCCCCCOc1ccc(C(=O)Oc2ccc(-c3ccc(C(C)OCCCCCCCCCC)cc3)cc2)cc1. The number of carbonyl (C=O) groups excluding carboxylic acids is 1. The van der Waals surface area contributed by atoms with Gasteiger partial charge in [0.25, 0.3) is 0 Å². The molecular weight excluding hydrogens is 580 g/mol. The summed E-state index contributed by atoms with van der Waals surface area (Å²) in [6, 6.07) is 23.5. The molecule has 0 heterocycles. The minimum atomic E-state index is -0.371. The van der Waals surface area contributed by atoms with Gasteiger partial charge in [-0.2, -0.15) is 0 Å². The predicted molar refractivity (Wildman–Crippen MR) is 198 cm³/mol. The van der Waals surface area contributed by atoms with Crippen molar-refractivity contribution in [3.8, 4) is 22.6 Å². The Morgan fingerprint density at radius 1 is 0.511 bits per heavy atom. The third-order valence-electron chi connectivity index (χ3n) is 9.00. The Hall–Kier alpha value is -3.11. The summed E-state index contributed by atoms with van der Waals surface area (Å²) in [4.78, 5) is 12.7. The van der Waals surface area contributed by atoms with Crippen molar-refractivity contribution in [2.24, 2.45) is 0 Å². The maximum Gasteiger partial charge on any atom is 0.343 e. The molecule has 0 radical (unpaired) electrons.